The number of aromatic nitrogens is 1. The van der Waals surface area contributed by atoms with Gasteiger partial charge in [0.05, 0.1) is 0 Å². The number of hydrogen-bond donors (Lipinski definition) is 2. The van der Waals surface area contributed by atoms with Crippen molar-refractivity contribution in [2.24, 2.45) is 0 Å². The highest BCUT2D eigenvalue weighted by molar-refractivity contribution is 6.05. The number of carbonyl (C=O) groups excluding carboxylic acids is 1. The van der Waals surface area contributed by atoms with Gasteiger partial charge in [0.25, 0.3) is 11.5 Å². The van der Waals surface area contributed by atoms with Crippen LogP contribution in [0.15, 0.2) is 35.3 Å². The molecular weight excluding hydrogens is 240 g/mol. The van der Waals surface area contributed by atoms with Crippen LogP contribution in [0.5, 0.6) is 0 Å². The Kier molecular flexibility index (Phi) is 3.51. The Hall–Kier alpha value is -2.36. The number of anilines is 1. The fourth-order valence-corrected chi connectivity index (χ4v) is 1.87. The molecule has 0 atom stereocenters. The van der Waals surface area contributed by atoms with Crippen LogP contribution in [0.25, 0.3) is 0 Å². The number of rotatable bonds is 2. The molecule has 0 saturated carbocycles. The molecule has 0 aliphatic carbocycles. The number of H-pyrrole nitrogens is 1. The van der Waals surface area contributed by atoms with E-state index in [2.05, 4.69) is 10.3 Å². The molecule has 1 aromatic heterocycles. The number of pyridine rings is 1. The van der Waals surface area contributed by atoms with Crippen LogP contribution in [0.3, 0.4) is 0 Å². The lowest BCUT2D eigenvalue weighted by Crippen LogP contribution is -2.24. The van der Waals surface area contributed by atoms with Crippen molar-refractivity contribution in [2.75, 3.05) is 5.32 Å². The smallest absolute Gasteiger partial charge is 0.261 e. The summed E-state index contributed by atoms with van der Waals surface area (Å²) in [6.07, 6.45) is 1.53. The molecule has 0 radical (unpaired) electrons. The zero-order chi connectivity index (χ0) is 14.0. The second-order valence-electron chi connectivity index (χ2n) is 4.62. The third kappa shape index (κ3) is 2.73. The van der Waals surface area contributed by atoms with E-state index in [-0.39, 0.29) is 17.0 Å². The van der Waals surface area contributed by atoms with Crippen LogP contribution in [0.4, 0.5) is 5.69 Å². The molecule has 1 heterocycles. The molecule has 0 aliphatic heterocycles. The Labute approximate surface area is 111 Å². The molecule has 0 spiro atoms. The Bertz CT molecular complexity index is 687. The minimum atomic E-state index is -0.386. The predicted molar refractivity (Wildman–Crippen MR) is 75.7 cm³/mol. The summed E-state index contributed by atoms with van der Waals surface area (Å²) in [5, 5.41) is 2.75. The maximum atomic E-state index is 12.1. The first-order valence-corrected chi connectivity index (χ1v) is 6.06. The van der Waals surface area contributed by atoms with Gasteiger partial charge in [-0.15, -0.1) is 0 Å². The van der Waals surface area contributed by atoms with E-state index in [0.29, 0.717) is 11.3 Å². The third-order valence-electron chi connectivity index (χ3n) is 3.16. The van der Waals surface area contributed by atoms with E-state index in [1.165, 1.54) is 6.20 Å². The zero-order valence-corrected chi connectivity index (χ0v) is 11.2. The lowest BCUT2D eigenvalue weighted by atomic mass is 10.1. The lowest BCUT2D eigenvalue weighted by Gasteiger charge is -2.08. The normalized spacial score (nSPS) is 10.3. The van der Waals surface area contributed by atoms with Crippen molar-refractivity contribution in [3.8, 4) is 0 Å². The molecule has 4 heteroatoms. The minimum absolute atomic E-state index is 0.153. The largest absolute Gasteiger partial charge is 0.328 e. The fourth-order valence-electron chi connectivity index (χ4n) is 1.87. The number of carbonyl (C=O) groups is 1. The summed E-state index contributed by atoms with van der Waals surface area (Å²) < 4.78 is 0. The first-order valence-electron chi connectivity index (χ1n) is 6.06. The van der Waals surface area contributed by atoms with Crippen molar-refractivity contribution in [3.63, 3.8) is 0 Å². The molecule has 1 aromatic carbocycles. The number of hydrogen-bond acceptors (Lipinski definition) is 2. The standard InChI is InChI=1S/C15H16N2O2/c1-9-4-5-12(8-11(9)3)17-15(19)13-10(2)6-7-16-14(13)18/h4-8H,1-3H3,(H,16,18)(H,17,19). The molecule has 19 heavy (non-hydrogen) atoms. The van der Waals surface area contributed by atoms with E-state index in [4.69, 9.17) is 0 Å². The number of aryl methyl sites for hydroxylation is 3. The first-order chi connectivity index (χ1) is 8.99. The van der Waals surface area contributed by atoms with Gasteiger partial charge >= 0.3 is 0 Å². The summed E-state index contributed by atoms with van der Waals surface area (Å²) in [6.45, 7) is 5.73. The van der Waals surface area contributed by atoms with E-state index in [1.807, 2.05) is 32.0 Å². The van der Waals surface area contributed by atoms with Gasteiger partial charge in [-0.05, 0) is 55.7 Å². The van der Waals surface area contributed by atoms with Gasteiger partial charge in [0, 0.05) is 11.9 Å². The van der Waals surface area contributed by atoms with Crippen molar-refractivity contribution < 1.29 is 4.79 Å². The summed E-state index contributed by atoms with van der Waals surface area (Å²) in [6, 6.07) is 7.36. The second kappa shape index (κ2) is 5.10. The summed E-state index contributed by atoms with van der Waals surface area (Å²) in [5.74, 6) is -0.386. The monoisotopic (exact) mass is 256 g/mol. The summed E-state index contributed by atoms with van der Waals surface area (Å²) in [5.41, 5.74) is 3.38. The third-order valence-corrected chi connectivity index (χ3v) is 3.16. The van der Waals surface area contributed by atoms with Gasteiger partial charge < -0.3 is 10.3 Å². The van der Waals surface area contributed by atoms with Gasteiger partial charge in [0.1, 0.15) is 5.56 Å². The van der Waals surface area contributed by atoms with Crippen molar-refractivity contribution in [1.82, 2.24) is 4.98 Å². The Balaban J connectivity index is 2.31. The molecule has 2 rings (SSSR count). The first kappa shape index (κ1) is 13.1. The van der Waals surface area contributed by atoms with Crippen LogP contribution < -0.4 is 10.9 Å². The fraction of sp³-hybridized carbons (Fsp3) is 0.200. The summed E-state index contributed by atoms with van der Waals surface area (Å²) in [4.78, 5) is 26.3. The minimum Gasteiger partial charge on any atom is -0.328 e. The highest BCUT2D eigenvalue weighted by Gasteiger charge is 2.13. The molecule has 0 saturated heterocycles. The topological polar surface area (TPSA) is 62.0 Å². The average molecular weight is 256 g/mol. The maximum Gasteiger partial charge on any atom is 0.261 e. The molecule has 0 aliphatic rings. The predicted octanol–water partition coefficient (Wildman–Crippen LogP) is 2.55. The highest BCUT2D eigenvalue weighted by Crippen LogP contribution is 2.15. The molecule has 4 nitrogen and oxygen atoms in total. The number of amides is 1. The molecule has 98 valence electrons. The van der Waals surface area contributed by atoms with Crippen molar-refractivity contribution in [3.05, 3.63) is 63.1 Å². The van der Waals surface area contributed by atoms with Crippen LogP contribution in [0, 0.1) is 20.8 Å². The van der Waals surface area contributed by atoms with Crippen LogP contribution in [0.2, 0.25) is 0 Å². The molecular formula is C15H16N2O2. The maximum absolute atomic E-state index is 12.1. The molecule has 2 N–H and O–H groups in total. The lowest BCUT2D eigenvalue weighted by molar-refractivity contribution is 0.102. The van der Waals surface area contributed by atoms with Crippen molar-refractivity contribution in [2.45, 2.75) is 20.8 Å². The van der Waals surface area contributed by atoms with Crippen LogP contribution in [-0.2, 0) is 0 Å². The average Bonchev–Trinajstić information content (AvgIpc) is 2.33. The van der Waals surface area contributed by atoms with Gasteiger partial charge in [0.15, 0.2) is 0 Å². The quantitative estimate of drug-likeness (QED) is 0.867. The van der Waals surface area contributed by atoms with Crippen molar-refractivity contribution in [1.29, 1.82) is 0 Å². The highest BCUT2D eigenvalue weighted by atomic mass is 16.2. The second-order valence-corrected chi connectivity index (χ2v) is 4.62. The van der Waals surface area contributed by atoms with E-state index in [0.717, 1.165) is 11.1 Å². The summed E-state index contributed by atoms with van der Waals surface area (Å²) in [7, 11) is 0. The SMILES string of the molecule is Cc1ccc(NC(=O)c2c(C)cc[nH]c2=O)cc1C. The molecule has 0 unspecified atom stereocenters. The molecule has 2 aromatic rings. The van der Waals surface area contributed by atoms with Crippen LogP contribution in [-0.4, -0.2) is 10.9 Å². The van der Waals surface area contributed by atoms with Crippen LogP contribution >= 0.6 is 0 Å². The Morgan fingerprint density at radius 2 is 1.79 bits per heavy atom. The number of benzene rings is 1. The number of nitrogens with one attached hydrogen (secondary N) is 2. The zero-order valence-electron chi connectivity index (χ0n) is 11.2. The molecule has 0 bridgehead atoms. The Morgan fingerprint density at radius 3 is 2.42 bits per heavy atom. The number of aromatic amines is 1. The molecule has 1 amide bonds. The Morgan fingerprint density at radius 1 is 1.05 bits per heavy atom. The van der Waals surface area contributed by atoms with Gasteiger partial charge in [0.2, 0.25) is 0 Å². The van der Waals surface area contributed by atoms with Gasteiger partial charge in [-0.3, -0.25) is 9.59 Å². The van der Waals surface area contributed by atoms with E-state index < -0.39 is 0 Å². The van der Waals surface area contributed by atoms with Gasteiger partial charge in [-0.25, -0.2) is 0 Å². The van der Waals surface area contributed by atoms with E-state index >= 15 is 0 Å². The van der Waals surface area contributed by atoms with Gasteiger partial charge in [-0.2, -0.15) is 0 Å². The van der Waals surface area contributed by atoms with E-state index in [1.54, 1.807) is 13.0 Å². The molecule has 0 fully saturated rings. The van der Waals surface area contributed by atoms with Crippen molar-refractivity contribution >= 4 is 11.6 Å². The van der Waals surface area contributed by atoms with Gasteiger partial charge in [-0.1, -0.05) is 6.07 Å². The van der Waals surface area contributed by atoms with Crippen LogP contribution in [0.1, 0.15) is 27.0 Å². The van der Waals surface area contributed by atoms with E-state index in [9.17, 15) is 9.59 Å². The summed E-state index contributed by atoms with van der Waals surface area (Å²) >= 11 is 0.